The summed E-state index contributed by atoms with van der Waals surface area (Å²) < 4.78 is 0. The molecule has 17 heavy (non-hydrogen) atoms. The van der Waals surface area contributed by atoms with E-state index >= 15 is 0 Å². The molecule has 2 aliphatic heterocycles. The Morgan fingerprint density at radius 3 is 2.53 bits per heavy atom. The molecule has 2 aliphatic rings. The first-order valence-electron chi connectivity index (χ1n) is 7.50. The van der Waals surface area contributed by atoms with Crippen LogP contribution in [0.5, 0.6) is 0 Å². The monoisotopic (exact) mass is 239 g/mol. The number of piperazine rings is 1. The topological polar surface area (TPSA) is 18.5 Å². The zero-order valence-corrected chi connectivity index (χ0v) is 11.6. The van der Waals surface area contributed by atoms with Crippen LogP contribution in [0, 0.1) is 5.92 Å². The third kappa shape index (κ3) is 3.67. The molecular weight excluding hydrogens is 210 g/mol. The van der Waals surface area contributed by atoms with Gasteiger partial charge in [-0.2, -0.15) is 0 Å². The molecule has 2 fully saturated rings. The van der Waals surface area contributed by atoms with Gasteiger partial charge < -0.3 is 10.2 Å². The van der Waals surface area contributed by atoms with E-state index in [1.54, 1.807) is 0 Å². The molecule has 0 saturated carbocycles. The summed E-state index contributed by atoms with van der Waals surface area (Å²) in [6, 6.07) is 0.785. The first kappa shape index (κ1) is 13.3. The molecule has 0 bridgehead atoms. The standard InChI is InChI=1S/C14H29N3/c1-3-14-11-15-7-10-17(14)12-13-5-8-16(4-2)9-6-13/h13-15H,3-12H2,1-2H3. The van der Waals surface area contributed by atoms with Crippen LogP contribution >= 0.6 is 0 Å². The summed E-state index contributed by atoms with van der Waals surface area (Å²) in [4.78, 5) is 5.33. The Kier molecular flexibility index (Phi) is 5.26. The first-order chi connectivity index (χ1) is 8.33. The van der Waals surface area contributed by atoms with E-state index in [0.717, 1.165) is 12.0 Å². The number of nitrogens with one attached hydrogen (secondary N) is 1. The van der Waals surface area contributed by atoms with E-state index in [4.69, 9.17) is 0 Å². The van der Waals surface area contributed by atoms with Gasteiger partial charge in [-0.15, -0.1) is 0 Å². The number of rotatable bonds is 4. The van der Waals surface area contributed by atoms with Crippen molar-refractivity contribution in [2.24, 2.45) is 5.92 Å². The molecule has 1 unspecified atom stereocenters. The van der Waals surface area contributed by atoms with Crippen LogP contribution in [-0.4, -0.2) is 61.7 Å². The Hall–Kier alpha value is -0.120. The van der Waals surface area contributed by atoms with Crippen LogP contribution < -0.4 is 5.32 Å². The number of hydrogen-bond acceptors (Lipinski definition) is 3. The summed E-state index contributed by atoms with van der Waals surface area (Å²) >= 11 is 0. The lowest BCUT2D eigenvalue weighted by Gasteiger charge is -2.40. The second-order valence-electron chi connectivity index (χ2n) is 5.64. The molecule has 3 nitrogen and oxygen atoms in total. The van der Waals surface area contributed by atoms with Crippen molar-refractivity contribution in [2.45, 2.75) is 39.2 Å². The van der Waals surface area contributed by atoms with Gasteiger partial charge in [-0.25, -0.2) is 0 Å². The molecule has 0 radical (unpaired) electrons. The van der Waals surface area contributed by atoms with Gasteiger partial charge in [-0.3, -0.25) is 4.90 Å². The fourth-order valence-electron chi connectivity index (χ4n) is 3.26. The highest BCUT2D eigenvalue weighted by Gasteiger charge is 2.25. The predicted octanol–water partition coefficient (Wildman–Crippen LogP) is 1.40. The summed E-state index contributed by atoms with van der Waals surface area (Å²) in [7, 11) is 0. The average molecular weight is 239 g/mol. The minimum Gasteiger partial charge on any atom is -0.314 e. The van der Waals surface area contributed by atoms with Crippen molar-refractivity contribution < 1.29 is 0 Å². The van der Waals surface area contributed by atoms with Crippen molar-refractivity contribution in [3.05, 3.63) is 0 Å². The highest BCUT2D eigenvalue weighted by atomic mass is 15.2. The number of likely N-dealkylation sites (tertiary alicyclic amines) is 1. The Morgan fingerprint density at radius 2 is 1.88 bits per heavy atom. The third-order valence-electron chi connectivity index (χ3n) is 4.59. The van der Waals surface area contributed by atoms with Crippen molar-refractivity contribution in [1.29, 1.82) is 0 Å². The summed E-state index contributed by atoms with van der Waals surface area (Å²) in [6.07, 6.45) is 4.11. The van der Waals surface area contributed by atoms with Crippen molar-refractivity contribution in [1.82, 2.24) is 15.1 Å². The van der Waals surface area contributed by atoms with E-state index in [1.807, 2.05) is 0 Å². The van der Waals surface area contributed by atoms with E-state index in [0.29, 0.717) is 0 Å². The normalized spacial score (nSPS) is 29.6. The van der Waals surface area contributed by atoms with Gasteiger partial charge in [-0.1, -0.05) is 13.8 Å². The van der Waals surface area contributed by atoms with Gasteiger partial charge in [0.05, 0.1) is 0 Å². The molecule has 0 aromatic carbocycles. The molecule has 0 spiro atoms. The molecule has 0 aliphatic carbocycles. The zero-order valence-electron chi connectivity index (χ0n) is 11.6. The number of hydrogen-bond donors (Lipinski definition) is 1. The molecule has 0 amide bonds. The molecular formula is C14H29N3. The quantitative estimate of drug-likeness (QED) is 0.800. The lowest BCUT2D eigenvalue weighted by Crippen LogP contribution is -2.53. The molecule has 2 saturated heterocycles. The SMILES string of the molecule is CCC1CNCCN1CC1CCN(CC)CC1. The Morgan fingerprint density at radius 1 is 1.12 bits per heavy atom. The van der Waals surface area contributed by atoms with Gasteiger partial charge >= 0.3 is 0 Å². The summed E-state index contributed by atoms with van der Waals surface area (Å²) in [5.41, 5.74) is 0. The van der Waals surface area contributed by atoms with Crippen LogP contribution in [0.1, 0.15) is 33.1 Å². The van der Waals surface area contributed by atoms with Gasteiger partial charge in [0.1, 0.15) is 0 Å². The van der Waals surface area contributed by atoms with Gasteiger partial charge in [0.15, 0.2) is 0 Å². The highest BCUT2D eigenvalue weighted by Crippen LogP contribution is 2.20. The molecule has 100 valence electrons. The van der Waals surface area contributed by atoms with Crippen LogP contribution in [0.4, 0.5) is 0 Å². The van der Waals surface area contributed by atoms with Gasteiger partial charge in [-0.05, 0) is 44.8 Å². The van der Waals surface area contributed by atoms with Gasteiger partial charge in [0.25, 0.3) is 0 Å². The molecule has 3 heteroatoms. The second-order valence-corrected chi connectivity index (χ2v) is 5.64. The van der Waals surface area contributed by atoms with Crippen LogP contribution in [0.15, 0.2) is 0 Å². The number of nitrogens with zero attached hydrogens (tertiary/aromatic N) is 2. The fraction of sp³-hybridized carbons (Fsp3) is 1.00. The first-order valence-corrected chi connectivity index (χ1v) is 7.50. The Labute approximate surface area is 107 Å². The van der Waals surface area contributed by atoms with Crippen LogP contribution in [-0.2, 0) is 0 Å². The van der Waals surface area contributed by atoms with Crippen LogP contribution in [0.2, 0.25) is 0 Å². The van der Waals surface area contributed by atoms with Crippen molar-refractivity contribution in [2.75, 3.05) is 45.8 Å². The van der Waals surface area contributed by atoms with E-state index in [9.17, 15) is 0 Å². The lowest BCUT2D eigenvalue weighted by molar-refractivity contribution is 0.101. The average Bonchev–Trinajstić information content (AvgIpc) is 2.40. The molecule has 0 aromatic heterocycles. The largest absolute Gasteiger partial charge is 0.314 e. The van der Waals surface area contributed by atoms with Crippen LogP contribution in [0.3, 0.4) is 0 Å². The number of piperidine rings is 1. The second kappa shape index (κ2) is 6.72. The highest BCUT2D eigenvalue weighted by molar-refractivity contribution is 4.82. The third-order valence-corrected chi connectivity index (χ3v) is 4.59. The van der Waals surface area contributed by atoms with E-state index in [-0.39, 0.29) is 0 Å². The van der Waals surface area contributed by atoms with Gasteiger partial charge in [0, 0.05) is 32.2 Å². The minimum absolute atomic E-state index is 0.785. The molecule has 1 N–H and O–H groups in total. The Balaban J connectivity index is 1.76. The summed E-state index contributed by atoms with van der Waals surface area (Å²) in [5, 5.41) is 3.52. The van der Waals surface area contributed by atoms with Crippen molar-refractivity contribution in [3.63, 3.8) is 0 Å². The maximum absolute atomic E-state index is 3.52. The van der Waals surface area contributed by atoms with E-state index in [2.05, 4.69) is 29.0 Å². The fourth-order valence-corrected chi connectivity index (χ4v) is 3.26. The summed E-state index contributed by atoms with van der Waals surface area (Å²) in [6.45, 7) is 13.5. The molecule has 2 rings (SSSR count). The maximum atomic E-state index is 3.52. The van der Waals surface area contributed by atoms with E-state index in [1.165, 1.54) is 65.1 Å². The van der Waals surface area contributed by atoms with Crippen LogP contribution in [0.25, 0.3) is 0 Å². The predicted molar refractivity (Wildman–Crippen MR) is 73.4 cm³/mol. The molecule has 0 aromatic rings. The van der Waals surface area contributed by atoms with E-state index < -0.39 is 0 Å². The van der Waals surface area contributed by atoms with Gasteiger partial charge in [0.2, 0.25) is 0 Å². The maximum Gasteiger partial charge on any atom is 0.0218 e. The molecule has 2 heterocycles. The Bertz CT molecular complexity index is 212. The minimum atomic E-state index is 0.785. The molecule has 1 atom stereocenters. The zero-order chi connectivity index (χ0) is 12.1. The summed E-state index contributed by atoms with van der Waals surface area (Å²) in [5.74, 6) is 0.949. The smallest absolute Gasteiger partial charge is 0.0218 e. The lowest BCUT2D eigenvalue weighted by atomic mass is 9.95. The van der Waals surface area contributed by atoms with Crippen molar-refractivity contribution in [3.8, 4) is 0 Å². The van der Waals surface area contributed by atoms with Crippen molar-refractivity contribution >= 4 is 0 Å².